The quantitative estimate of drug-likeness (QED) is 0.909. The first-order valence-electron chi connectivity index (χ1n) is 5.01. The van der Waals surface area contributed by atoms with Gasteiger partial charge in [0.2, 0.25) is 0 Å². The predicted molar refractivity (Wildman–Crippen MR) is 72.1 cm³/mol. The molecule has 0 aliphatic rings. The molecule has 1 aromatic heterocycles. The van der Waals surface area contributed by atoms with Gasteiger partial charge in [-0.3, -0.25) is 4.79 Å². The lowest BCUT2D eigenvalue weighted by molar-refractivity contribution is 0.102. The number of nitrogens with one attached hydrogen (secondary N) is 1. The smallest absolute Gasteiger partial charge is 0.275 e. The molecule has 0 spiro atoms. The third-order valence-corrected chi connectivity index (χ3v) is 3.50. The van der Waals surface area contributed by atoms with E-state index in [0.29, 0.717) is 9.48 Å². The molecule has 0 fully saturated rings. The molecule has 0 atom stereocenters. The number of carbonyl (C=O) groups is 1. The first kappa shape index (κ1) is 13.1. The van der Waals surface area contributed by atoms with Gasteiger partial charge in [-0.05, 0) is 18.2 Å². The van der Waals surface area contributed by atoms with Gasteiger partial charge >= 0.3 is 0 Å². The van der Waals surface area contributed by atoms with Crippen LogP contribution in [-0.4, -0.2) is 10.9 Å². The van der Waals surface area contributed by atoms with Gasteiger partial charge in [-0.2, -0.15) is 0 Å². The number of aromatic nitrogens is 1. The molecule has 0 unspecified atom stereocenters. The minimum Gasteiger partial charge on any atom is -0.325 e. The molecule has 0 saturated heterocycles. The van der Waals surface area contributed by atoms with Gasteiger partial charge in [-0.25, -0.2) is 9.37 Å². The Hall–Kier alpha value is -1.31. The van der Waals surface area contributed by atoms with Crippen LogP contribution >= 0.6 is 27.3 Å². The second-order valence-corrected chi connectivity index (χ2v) is 5.27. The molecule has 0 saturated carbocycles. The zero-order chi connectivity index (χ0) is 13.1. The van der Waals surface area contributed by atoms with Crippen LogP contribution in [0.2, 0.25) is 0 Å². The highest BCUT2D eigenvalue weighted by Gasteiger charge is 2.12. The third kappa shape index (κ3) is 2.92. The number of amides is 1. The van der Waals surface area contributed by atoms with E-state index >= 15 is 0 Å². The molecule has 2 aromatic rings. The average molecular weight is 330 g/mol. The molecule has 0 radical (unpaired) electrons. The summed E-state index contributed by atoms with van der Waals surface area (Å²) in [5, 5.41) is 4.72. The van der Waals surface area contributed by atoms with Crippen molar-refractivity contribution < 1.29 is 9.18 Å². The Labute approximate surface area is 115 Å². The first-order valence-corrected chi connectivity index (χ1v) is 6.68. The lowest BCUT2D eigenvalue weighted by Crippen LogP contribution is -2.13. The maximum absolute atomic E-state index is 13.4. The monoisotopic (exact) mass is 329 g/mol. The fraction of sp³-hybridized carbons (Fsp3) is 0.0909. The van der Waals surface area contributed by atoms with Crippen molar-refractivity contribution in [1.82, 2.24) is 4.98 Å². The Bertz CT molecular complexity index is 587. The molecule has 4 nitrogen and oxygen atoms in total. The molecule has 0 aliphatic heterocycles. The van der Waals surface area contributed by atoms with Crippen LogP contribution in [0.15, 0.2) is 28.1 Å². The van der Waals surface area contributed by atoms with E-state index < -0.39 is 11.7 Å². The molecule has 0 aliphatic carbocycles. The normalized spacial score (nSPS) is 10.4. The summed E-state index contributed by atoms with van der Waals surface area (Å²) in [6.45, 7) is 0.281. The molecule has 7 heteroatoms. The lowest BCUT2D eigenvalue weighted by Gasteiger charge is -2.05. The van der Waals surface area contributed by atoms with Crippen molar-refractivity contribution in [2.24, 2.45) is 5.73 Å². The molecular weight excluding hydrogens is 321 g/mol. The Morgan fingerprint density at radius 3 is 3.00 bits per heavy atom. The molecule has 0 bridgehead atoms. The van der Waals surface area contributed by atoms with Crippen molar-refractivity contribution in [3.05, 3.63) is 44.6 Å². The topological polar surface area (TPSA) is 68.0 Å². The first-order chi connectivity index (χ1) is 8.60. The van der Waals surface area contributed by atoms with Crippen molar-refractivity contribution >= 4 is 38.9 Å². The number of anilines is 1. The predicted octanol–water partition coefficient (Wildman–Crippen LogP) is 2.76. The van der Waals surface area contributed by atoms with Crippen LogP contribution in [0, 0.1) is 5.82 Å². The number of nitrogens with zero attached hydrogens (tertiary/aromatic N) is 1. The van der Waals surface area contributed by atoms with Gasteiger partial charge in [-0.1, -0.05) is 15.9 Å². The number of hydrogen-bond donors (Lipinski definition) is 2. The number of nitrogens with two attached hydrogens (primary N) is 1. The van der Waals surface area contributed by atoms with Gasteiger partial charge in [0.15, 0.2) is 0 Å². The third-order valence-electron chi connectivity index (χ3n) is 2.14. The molecule has 1 heterocycles. The second kappa shape index (κ2) is 5.55. The largest absolute Gasteiger partial charge is 0.325 e. The number of rotatable bonds is 3. The van der Waals surface area contributed by atoms with Crippen molar-refractivity contribution in [1.29, 1.82) is 0 Å². The number of carbonyl (C=O) groups excluding carboxylic acids is 1. The number of halogens is 2. The Balaban J connectivity index is 2.18. The Morgan fingerprint density at radius 1 is 1.56 bits per heavy atom. The summed E-state index contributed by atoms with van der Waals surface area (Å²) >= 11 is 4.51. The zero-order valence-electron chi connectivity index (χ0n) is 9.11. The van der Waals surface area contributed by atoms with E-state index in [-0.39, 0.29) is 17.9 Å². The summed E-state index contributed by atoms with van der Waals surface area (Å²) in [4.78, 5) is 15.8. The molecule has 1 amide bonds. The SMILES string of the molecule is NCc1nc(C(=O)Nc2cc(Br)ccc2F)cs1. The standard InChI is InChI=1S/C11H9BrFN3OS/c12-6-1-2-7(13)8(3-6)16-11(17)9-5-18-10(4-14)15-9/h1-3,5H,4,14H2,(H,16,17). The van der Waals surface area contributed by atoms with Crippen molar-refractivity contribution in [2.45, 2.75) is 6.54 Å². The summed E-state index contributed by atoms with van der Waals surface area (Å²) in [5.74, 6) is -0.955. The van der Waals surface area contributed by atoms with E-state index in [1.807, 2.05) is 0 Å². The van der Waals surface area contributed by atoms with Crippen LogP contribution in [-0.2, 0) is 6.54 Å². The molecule has 94 valence electrons. The van der Waals surface area contributed by atoms with Gasteiger partial charge in [0.05, 0.1) is 5.69 Å². The number of thiazole rings is 1. The van der Waals surface area contributed by atoms with Gasteiger partial charge in [0.1, 0.15) is 16.5 Å². The van der Waals surface area contributed by atoms with Crippen LogP contribution in [0.3, 0.4) is 0 Å². The maximum atomic E-state index is 13.4. The summed E-state index contributed by atoms with van der Waals surface area (Å²) < 4.78 is 14.1. The van der Waals surface area contributed by atoms with Gasteiger partial charge < -0.3 is 11.1 Å². The average Bonchev–Trinajstić information content (AvgIpc) is 2.82. The van der Waals surface area contributed by atoms with Crippen molar-refractivity contribution in [3.8, 4) is 0 Å². The van der Waals surface area contributed by atoms with E-state index in [9.17, 15) is 9.18 Å². The minimum absolute atomic E-state index is 0.108. The molecule has 3 N–H and O–H groups in total. The highest BCUT2D eigenvalue weighted by molar-refractivity contribution is 9.10. The summed E-state index contributed by atoms with van der Waals surface area (Å²) in [5.41, 5.74) is 5.75. The molecular formula is C11H9BrFN3OS. The van der Waals surface area contributed by atoms with Gasteiger partial charge in [0, 0.05) is 16.4 Å². The summed E-state index contributed by atoms with van der Waals surface area (Å²) in [7, 11) is 0. The molecule has 1 aromatic carbocycles. The maximum Gasteiger partial charge on any atom is 0.275 e. The van der Waals surface area contributed by atoms with Crippen LogP contribution in [0.1, 0.15) is 15.5 Å². The lowest BCUT2D eigenvalue weighted by atomic mass is 10.3. The second-order valence-electron chi connectivity index (χ2n) is 3.41. The Morgan fingerprint density at radius 2 is 2.33 bits per heavy atom. The molecule has 18 heavy (non-hydrogen) atoms. The van der Waals surface area contributed by atoms with E-state index in [2.05, 4.69) is 26.2 Å². The van der Waals surface area contributed by atoms with Crippen LogP contribution in [0.25, 0.3) is 0 Å². The van der Waals surface area contributed by atoms with Crippen molar-refractivity contribution in [2.75, 3.05) is 5.32 Å². The molecule has 2 rings (SSSR count). The van der Waals surface area contributed by atoms with Gasteiger partial charge in [-0.15, -0.1) is 11.3 Å². The van der Waals surface area contributed by atoms with Crippen LogP contribution in [0.4, 0.5) is 10.1 Å². The van der Waals surface area contributed by atoms with Gasteiger partial charge in [0.25, 0.3) is 5.91 Å². The minimum atomic E-state index is -0.499. The van der Waals surface area contributed by atoms with E-state index in [1.165, 1.54) is 23.5 Å². The van der Waals surface area contributed by atoms with Crippen LogP contribution in [0.5, 0.6) is 0 Å². The fourth-order valence-corrected chi connectivity index (χ4v) is 2.30. The summed E-state index contributed by atoms with van der Waals surface area (Å²) in [6.07, 6.45) is 0. The fourth-order valence-electron chi connectivity index (χ4n) is 1.29. The summed E-state index contributed by atoms with van der Waals surface area (Å²) in [6, 6.07) is 4.32. The zero-order valence-corrected chi connectivity index (χ0v) is 11.5. The van der Waals surface area contributed by atoms with Crippen LogP contribution < -0.4 is 11.1 Å². The van der Waals surface area contributed by atoms with E-state index in [4.69, 9.17) is 5.73 Å². The van der Waals surface area contributed by atoms with E-state index in [1.54, 1.807) is 11.4 Å². The number of benzene rings is 1. The Kier molecular flexibility index (Phi) is 4.05. The highest BCUT2D eigenvalue weighted by Crippen LogP contribution is 2.21. The van der Waals surface area contributed by atoms with E-state index in [0.717, 1.165) is 0 Å². The van der Waals surface area contributed by atoms with Crippen molar-refractivity contribution in [3.63, 3.8) is 0 Å². The highest BCUT2D eigenvalue weighted by atomic mass is 79.9. The number of hydrogen-bond acceptors (Lipinski definition) is 4.